The van der Waals surface area contributed by atoms with E-state index in [1.807, 2.05) is 30.3 Å². The number of fused-ring (bicyclic) bond motifs is 1. The molecule has 0 saturated carbocycles. The fourth-order valence-electron chi connectivity index (χ4n) is 3.88. The maximum absolute atomic E-state index is 13.0. The molecule has 0 aliphatic carbocycles. The molecular formula is C25H22F3N3O. The van der Waals surface area contributed by atoms with Crippen molar-refractivity contribution in [2.45, 2.75) is 25.7 Å². The Kier molecular flexibility index (Phi) is 5.99. The van der Waals surface area contributed by atoms with Crippen molar-refractivity contribution in [1.29, 1.82) is 0 Å². The first-order valence-electron chi connectivity index (χ1n) is 10.2. The molecule has 4 rings (SSSR count). The fourth-order valence-corrected chi connectivity index (χ4v) is 3.88. The number of hydrogen-bond acceptors (Lipinski definition) is 3. The van der Waals surface area contributed by atoms with E-state index in [2.05, 4.69) is 16.9 Å². The molecule has 4 nitrogen and oxygen atoms in total. The van der Waals surface area contributed by atoms with Gasteiger partial charge in [-0.1, -0.05) is 24.8 Å². The highest BCUT2D eigenvalue weighted by molar-refractivity contribution is 5.87. The fraction of sp³-hybridized carbons (Fsp3) is 0.200. The highest BCUT2D eigenvalue weighted by atomic mass is 19.4. The standard InChI is InChI=1S/C25H22F3N3O/c1-2-24(32)31-12-10-22-19(16-31)13-18(17-6-8-20(9-7-17)25(26,27)28)14-23(22)30-15-21-5-3-4-11-29-21/h2-9,11,13-14,30H,1,10,12,15-16H2. The first-order valence-corrected chi connectivity index (χ1v) is 10.2. The number of amides is 1. The number of halogens is 3. The van der Waals surface area contributed by atoms with Gasteiger partial charge in [0.15, 0.2) is 0 Å². The van der Waals surface area contributed by atoms with Gasteiger partial charge < -0.3 is 10.2 Å². The van der Waals surface area contributed by atoms with Crippen molar-refractivity contribution in [3.8, 4) is 11.1 Å². The number of alkyl halides is 3. The van der Waals surface area contributed by atoms with E-state index >= 15 is 0 Å². The molecule has 2 aromatic carbocycles. The quantitative estimate of drug-likeness (QED) is 0.540. The van der Waals surface area contributed by atoms with Crippen LogP contribution in [-0.4, -0.2) is 22.3 Å². The minimum Gasteiger partial charge on any atom is -0.379 e. The van der Waals surface area contributed by atoms with Crippen LogP contribution in [0.3, 0.4) is 0 Å². The van der Waals surface area contributed by atoms with Crippen molar-refractivity contribution in [3.63, 3.8) is 0 Å². The average molecular weight is 437 g/mol. The number of nitrogens with one attached hydrogen (secondary N) is 1. The first-order chi connectivity index (χ1) is 15.3. The summed E-state index contributed by atoms with van der Waals surface area (Å²) in [7, 11) is 0. The summed E-state index contributed by atoms with van der Waals surface area (Å²) >= 11 is 0. The number of carbonyl (C=O) groups excluding carboxylic acids is 1. The van der Waals surface area contributed by atoms with E-state index in [9.17, 15) is 18.0 Å². The molecule has 0 saturated heterocycles. The molecule has 0 spiro atoms. The van der Waals surface area contributed by atoms with Gasteiger partial charge in [0.25, 0.3) is 0 Å². The van der Waals surface area contributed by atoms with Gasteiger partial charge in [-0.25, -0.2) is 0 Å². The molecule has 32 heavy (non-hydrogen) atoms. The molecule has 1 aromatic heterocycles. The SMILES string of the molecule is C=CC(=O)N1CCc2c(cc(-c3ccc(C(F)(F)F)cc3)cc2NCc2ccccn2)C1. The summed E-state index contributed by atoms with van der Waals surface area (Å²) in [6.07, 6.45) is -0.684. The van der Waals surface area contributed by atoms with Crippen LogP contribution in [0.25, 0.3) is 11.1 Å². The number of hydrogen-bond donors (Lipinski definition) is 1. The smallest absolute Gasteiger partial charge is 0.379 e. The Labute approximate surface area is 184 Å². The van der Waals surface area contributed by atoms with E-state index in [1.165, 1.54) is 18.2 Å². The zero-order valence-electron chi connectivity index (χ0n) is 17.3. The van der Waals surface area contributed by atoms with E-state index in [-0.39, 0.29) is 5.91 Å². The summed E-state index contributed by atoms with van der Waals surface area (Å²) in [6, 6.07) is 14.7. The Balaban J connectivity index is 1.70. The molecule has 0 fully saturated rings. The predicted molar refractivity (Wildman–Crippen MR) is 118 cm³/mol. The number of pyridine rings is 1. The lowest BCUT2D eigenvalue weighted by Crippen LogP contribution is -2.35. The molecule has 164 valence electrons. The number of carbonyl (C=O) groups is 1. The molecule has 0 bridgehead atoms. The topological polar surface area (TPSA) is 45.2 Å². The van der Waals surface area contributed by atoms with Gasteiger partial charge in [-0.2, -0.15) is 13.2 Å². The van der Waals surface area contributed by atoms with E-state index in [0.717, 1.165) is 40.2 Å². The number of nitrogens with zero attached hydrogens (tertiary/aromatic N) is 2. The van der Waals surface area contributed by atoms with Crippen LogP contribution >= 0.6 is 0 Å². The molecule has 0 unspecified atom stereocenters. The lowest BCUT2D eigenvalue weighted by Gasteiger charge is -2.30. The second kappa shape index (κ2) is 8.86. The van der Waals surface area contributed by atoms with Crippen molar-refractivity contribution in [2.24, 2.45) is 0 Å². The van der Waals surface area contributed by atoms with Crippen LogP contribution in [0.15, 0.2) is 73.4 Å². The molecule has 0 atom stereocenters. The van der Waals surface area contributed by atoms with Crippen molar-refractivity contribution in [3.05, 3.63) is 95.8 Å². The zero-order valence-corrected chi connectivity index (χ0v) is 17.3. The van der Waals surface area contributed by atoms with Gasteiger partial charge >= 0.3 is 6.18 Å². The maximum Gasteiger partial charge on any atom is 0.416 e. The van der Waals surface area contributed by atoms with Crippen molar-refractivity contribution >= 4 is 11.6 Å². The van der Waals surface area contributed by atoms with Gasteiger partial charge in [0.2, 0.25) is 5.91 Å². The van der Waals surface area contributed by atoms with Gasteiger partial charge in [0.1, 0.15) is 0 Å². The third-order valence-electron chi connectivity index (χ3n) is 5.55. The predicted octanol–water partition coefficient (Wildman–Crippen LogP) is 5.45. The van der Waals surface area contributed by atoms with Gasteiger partial charge in [-0.3, -0.25) is 9.78 Å². The minimum atomic E-state index is -4.38. The van der Waals surface area contributed by atoms with Crippen LogP contribution in [0, 0.1) is 0 Å². The Morgan fingerprint density at radius 1 is 1.12 bits per heavy atom. The average Bonchev–Trinajstić information content (AvgIpc) is 2.81. The monoisotopic (exact) mass is 437 g/mol. The van der Waals surface area contributed by atoms with Crippen LogP contribution in [0.1, 0.15) is 22.4 Å². The Morgan fingerprint density at radius 2 is 1.91 bits per heavy atom. The maximum atomic E-state index is 13.0. The van der Waals surface area contributed by atoms with Gasteiger partial charge in [0.05, 0.1) is 17.8 Å². The van der Waals surface area contributed by atoms with E-state index in [0.29, 0.717) is 31.6 Å². The molecule has 1 aliphatic heterocycles. The molecule has 7 heteroatoms. The van der Waals surface area contributed by atoms with Gasteiger partial charge in [-0.05, 0) is 71.1 Å². The highest BCUT2D eigenvalue weighted by Gasteiger charge is 2.30. The van der Waals surface area contributed by atoms with Crippen LogP contribution < -0.4 is 5.32 Å². The van der Waals surface area contributed by atoms with Gasteiger partial charge in [-0.15, -0.1) is 0 Å². The summed E-state index contributed by atoms with van der Waals surface area (Å²) < 4.78 is 38.9. The van der Waals surface area contributed by atoms with Crippen LogP contribution in [-0.2, 0) is 30.5 Å². The Morgan fingerprint density at radius 3 is 2.56 bits per heavy atom. The van der Waals surface area contributed by atoms with Crippen molar-refractivity contribution in [1.82, 2.24) is 9.88 Å². The third kappa shape index (κ3) is 4.66. The molecule has 1 amide bonds. The lowest BCUT2D eigenvalue weighted by molar-refractivity contribution is -0.137. The summed E-state index contributed by atoms with van der Waals surface area (Å²) in [4.78, 5) is 18.2. The molecule has 3 aromatic rings. The Bertz CT molecular complexity index is 1130. The van der Waals surface area contributed by atoms with Gasteiger partial charge in [0, 0.05) is 25.0 Å². The minimum absolute atomic E-state index is 0.140. The molecule has 0 radical (unpaired) electrons. The number of rotatable bonds is 5. The normalized spacial score (nSPS) is 13.4. The number of benzene rings is 2. The van der Waals surface area contributed by atoms with Crippen molar-refractivity contribution < 1.29 is 18.0 Å². The third-order valence-corrected chi connectivity index (χ3v) is 5.55. The lowest BCUT2D eigenvalue weighted by atomic mass is 9.92. The van der Waals surface area contributed by atoms with Crippen LogP contribution in [0.2, 0.25) is 0 Å². The molecule has 1 aliphatic rings. The Hall–Kier alpha value is -3.61. The summed E-state index contributed by atoms with van der Waals surface area (Å²) in [6.45, 7) is 5.08. The number of aromatic nitrogens is 1. The first kappa shape index (κ1) is 21.6. The largest absolute Gasteiger partial charge is 0.416 e. The second-order valence-electron chi connectivity index (χ2n) is 7.63. The molecule has 1 N–H and O–H groups in total. The zero-order chi connectivity index (χ0) is 22.7. The number of anilines is 1. The highest BCUT2D eigenvalue weighted by Crippen LogP contribution is 2.35. The second-order valence-corrected chi connectivity index (χ2v) is 7.63. The summed E-state index contributed by atoms with van der Waals surface area (Å²) in [5.41, 5.74) is 4.62. The summed E-state index contributed by atoms with van der Waals surface area (Å²) in [5.74, 6) is -0.140. The van der Waals surface area contributed by atoms with E-state index in [4.69, 9.17) is 0 Å². The molecule has 2 heterocycles. The van der Waals surface area contributed by atoms with Crippen LogP contribution in [0.5, 0.6) is 0 Å². The molecular weight excluding hydrogens is 415 g/mol. The van der Waals surface area contributed by atoms with Crippen molar-refractivity contribution in [2.75, 3.05) is 11.9 Å². The van der Waals surface area contributed by atoms with E-state index < -0.39 is 11.7 Å². The van der Waals surface area contributed by atoms with E-state index in [1.54, 1.807) is 11.1 Å². The van der Waals surface area contributed by atoms with Crippen LogP contribution in [0.4, 0.5) is 18.9 Å². The summed E-state index contributed by atoms with van der Waals surface area (Å²) in [5, 5.41) is 3.43.